The molecule has 1 aromatic heterocycles. The van der Waals surface area contributed by atoms with Crippen LogP contribution in [-0.4, -0.2) is 13.1 Å². The van der Waals surface area contributed by atoms with Crippen molar-refractivity contribution in [3.8, 4) is 11.1 Å². The van der Waals surface area contributed by atoms with Gasteiger partial charge in [0, 0.05) is 10.1 Å². The maximum absolute atomic E-state index is 13.4. The lowest BCUT2D eigenvalue weighted by atomic mass is 10.0. The maximum atomic E-state index is 13.4. The minimum Gasteiger partial charge on any atom is -0.465 e. The lowest BCUT2D eigenvalue weighted by Crippen LogP contribution is -1.96. The fraction of sp³-hybridized carbons (Fsp3) is 0.0625. The van der Waals surface area contributed by atoms with Gasteiger partial charge >= 0.3 is 5.97 Å². The molecule has 0 atom stereocenters. The Morgan fingerprint density at radius 2 is 1.95 bits per heavy atom. The van der Waals surface area contributed by atoms with Gasteiger partial charge < -0.3 is 4.74 Å². The van der Waals surface area contributed by atoms with E-state index >= 15 is 0 Å². The van der Waals surface area contributed by atoms with Crippen LogP contribution in [0.1, 0.15) is 9.67 Å². The van der Waals surface area contributed by atoms with Crippen LogP contribution in [0.25, 0.3) is 21.2 Å². The quantitative estimate of drug-likeness (QED) is 0.649. The smallest absolute Gasteiger partial charge is 0.348 e. The van der Waals surface area contributed by atoms with Gasteiger partial charge in [-0.1, -0.05) is 24.3 Å². The molecule has 0 radical (unpaired) electrons. The number of benzene rings is 2. The molecule has 0 aliphatic carbocycles. The summed E-state index contributed by atoms with van der Waals surface area (Å²) in [4.78, 5) is 12.2. The highest BCUT2D eigenvalue weighted by molar-refractivity contribution is 7.20. The third kappa shape index (κ3) is 2.18. The van der Waals surface area contributed by atoms with Crippen molar-refractivity contribution in [1.82, 2.24) is 0 Å². The van der Waals surface area contributed by atoms with Crippen molar-refractivity contribution in [3.05, 3.63) is 59.2 Å². The van der Waals surface area contributed by atoms with Crippen LogP contribution in [0.4, 0.5) is 4.39 Å². The van der Waals surface area contributed by atoms with Crippen molar-refractivity contribution in [1.29, 1.82) is 0 Å². The number of halogens is 1. The van der Waals surface area contributed by atoms with Gasteiger partial charge in [-0.3, -0.25) is 0 Å². The van der Waals surface area contributed by atoms with E-state index in [-0.39, 0.29) is 11.8 Å². The number of carbonyl (C=O) groups excluding carboxylic acids is 1. The highest BCUT2D eigenvalue weighted by Gasteiger charge is 2.13. The lowest BCUT2D eigenvalue weighted by Gasteiger charge is -2.03. The fourth-order valence-electron chi connectivity index (χ4n) is 2.17. The summed E-state index contributed by atoms with van der Waals surface area (Å²) in [5.74, 6) is -0.626. The molecule has 4 heteroatoms. The Kier molecular flexibility index (Phi) is 3.24. The molecule has 0 N–H and O–H groups in total. The molecule has 0 aliphatic heterocycles. The molecule has 3 aromatic rings. The molecule has 0 amide bonds. The summed E-state index contributed by atoms with van der Waals surface area (Å²) >= 11 is 1.37. The number of carbonyl (C=O) groups is 1. The number of hydrogen-bond acceptors (Lipinski definition) is 3. The molecular formula is C16H11FO2S. The van der Waals surface area contributed by atoms with E-state index in [1.54, 1.807) is 12.1 Å². The molecule has 1 heterocycles. The molecule has 3 rings (SSSR count). The van der Waals surface area contributed by atoms with Crippen molar-refractivity contribution >= 4 is 27.4 Å². The first-order valence-electron chi connectivity index (χ1n) is 6.06. The van der Waals surface area contributed by atoms with Gasteiger partial charge in [0.1, 0.15) is 10.7 Å². The van der Waals surface area contributed by atoms with Crippen LogP contribution < -0.4 is 0 Å². The van der Waals surface area contributed by atoms with Gasteiger partial charge in [-0.05, 0) is 35.4 Å². The van der Waals surface area contributed by atoms with E-state index in [1.165, 1.54) is 30.6 Å². The molecule has 20 heavy (non-hydrogen) atoms. The summed E-state index contributed by atoms with van der Waals surface area (Å²) in [6.45, 7) is 0. The number of hydrogen-bond donors (Lipinski definition) is 0. The summed E-state index contributed by atoms with van der Waals surface area (Å²) in [6.07, 6.45) is 0. The van der Waals surface area contributed by atoms with Gasteiger partial charge in [-0.15, -0.1) is 11.3 Å². The first-order valence-corrected chi connectivity index (χ1v) is 6.87. The van der Waals surface area contributed by atoms with Gasteiger partial charge in [-0.25, -0.2) is 9.18 Å². The highest BCUT2D eigenvalue weighted by atomic mass is 32.1. The first kappa shape index (κ1) is 12.8. The normalized spacial score (nSPS) is 10.7. The average Bonchev–Trinajstić information content (AvgIpc) is 2.90. The topological polar surface area (TPSA) is 26.3 Å². The van der Waals surface area contributed by atoms with E-state index in [0.29, 0.717) is 4.88 Å². The van der Waals surface area contributed by atoms with Crippen LogP contribution >= 0.6 is 11.3 Å². The second-order valence-corrected chi connectivity index (χ2v) is 5.41. The average molecular weight is 286 g/mol. The van der Waals surface area contributed by atoms with E-state index in [9.17, 15) is 9.18 Å². The Bertz CT molecular complexity index is 792. The number of fused-ring (bicyclic) bond motifs is 1. The van der Waals surface area contributed by atoms with E-state index in [0.717, 1.165) is 21.2 Å². The van der Waals surface area contributed by atoms with Crippen molar-refractivity contribution < 1.29 is 13.9 Å². The first-order chi connectivity index (χ1) is 9.69. The van der Waals surface area contributed by atoms with Gasteiger partial charge in [0.15, 0.2) is 0 Å². The monoisotopic (exact) mass is 286 g/mol. The SMILES string of the molecule is COC(=O)c1cc2c(-c3cccc(F)c3)cccc2s1. The van der Waals surface area contributed by atoms with Gasteiger partial charge in [0.25, 0.3) is 0 Å². The minimum absolute atomic E-state index is 0.275. The summed E-state index contributed by atoms with van der Waals surface area (Å²) in [5.41, 5.74) is 1.71. The second kappa shape index (κ2) is 5.06. The Morgan fingerprint density at radius 3 is 2.70 bits per heavy atom. The van der Waals surface area contributed by atoms with Gasteiger partial charge in [0.05, 0.1) is 7.11 Å². The molecule has 2 aromatic carbocycles. The van der Waals surface area contributed by atoms with Crippen LogP contribution in [0.5, 0.6) is 0 Å². The van der Waals surface area contributed by atoms with Gasteiger partial charge in [0.2, 0.25) is 0 Å². The fourth-order valence-corrected chi connectivity index (χ4v) is 3.18. The van der Waals surface area contributed by atoms with Crippen LogP contribution in [-0.2, 0) is 4.74 Å². The van der Waals surface area contributed by atoms with Crippen LogP contribution in [0, 0.1) is 5.82 Å². The summed E-state index contributed by atoms with van der Waals surface area (Å²) in [7, 11) is 1.36. The molecule has 0 fully saturated rings. The summed E-state index contributed by atoms with van der Waals surface area (Å²) in [6, 6.07) is 14.0. The Balaban J connectivity index is 2.21. The van der Waals surface area contributed by atoms with Crippen LogP contribution in [0.2, 0.25) is 0 Å². The zero-order valence-electron chi connectivity index (χ0n) is 10.7. The number of methoxy groups -OCH3 is 1. The largest absolute Gasteiger partial charge is 0.465 e. The Labute approximate surface area is 119 Å². The van der Waals surface area contributed by atoms with E-state index in [1.807, 2.05) is 24.3 Å². The third-order valence-electron chi connectivity index (χ3n) is 3.08. The third-order valence-corrected chi connectivity index (χ3v) is 4.16. The van der Waals surface area contributed by atoms with Gasteiger partial charge in [-0.2, -0.15) is 0 Å². The Hall–Kier alpha value is -2.20. The molecule has 100 valence electrons. The molecule has 0 spiro atoms. The predicted octanol–water partition coefficient (Wildman–Crippen LogP) is 4.49. The molecule has 0 saturated carbocycles. The molecule has 2 nitrogen and oxygen atoms in total. The highest BCUT2D eigenvalue weighted by Crippen LogP contribution is 2.34. The zero-order chi connectivity index (χ0) is 14.1. The Morgan fingerprint density at radius 1 is 1.15 bits per heavy atom. The molecular weight excluding hydrogens is 275 g/mol. The van der Waals surface area contributed by atoms with Crippen molar-refractivity contribution in [2.24, 2.45) is 0 Å². The maximum Gasteiger partial charge on any atom is 0.348 e. The van der Waals surface area contributed by atoms with Crippen LogP contribution in [0.3, 0.4) is 0 Å². The zero-order valence-corrected chi connectivity index (χ0v) is 11.5. The van der Waals surface area contributed by atoms with E-state index in [4.69, 9.17) is 4.74 Å². The summed E-state index contributed by atoms with van der Waals surface area (Å²) in [5, 5.41) is 0.934. The molecule has 0 bridgehead atoms. The van der Waals surface area contributed by atoms with E-state index in [2.05, 4.69) is 0 Å². The second-order valence-electron chi connectivity index (χ2n) is 4.33. The van der Waals surface area contributed by atoms with Crippen molar-refractivity contribution in [2.75, 3.05) is 7.11 Å². The predicted molar refractivity (Wildman–Crippen MR) is 78.6 cm³/mol. The van der Waals surface area contributed by atoms with Crippen molar-refractivity contribution in [2.45, 2.75) is 0 Å². The molecule has 0 saturated heterocycles. The number of thiophene rings is 1. The molecule has 0 unspecified atom stereocenters. The summed E-state index contributed by atoms with van der Waals surface area (Å²) < 4.78 is 19.1. The minimum atomic E-state index is -0.351. The standard InChI is InChI=1S/C16H11FO2S/c1-19-16(18)15-9-13-12(6-3-7-14(13)20-15)10-4-2-5-11(17)8-10/h2-9H,1H3. The number of ether oxygens (including phenoxy) is 1. The number of rotatable bonds is 2. The van der Waals surface area contributed by atoms with E-state index < -0.39 is 0 Å². The van der Waals surface area contributed by atoms with Crippen LogP contribution in [0.15, 0.2) is 48.5 Å². The lowest BCUT2D eigenvalue weighted by molar-refractivity contribution is 0.0606. The van der Waals surface area contributed by atoms with Crippen molar-refractivity contribution in [3.63, 3.8) is 0 Å². The molecule has 0 aliphatic rings. The number of esters is 1.